The Morgan fingerprint density at radius 1 is 1.46 bits per heavy atom. The van der Waals surface area contributed by atoms with Crippen LogP contribution >= 0.6 is 27.7 Å². The highest BCUT2D eigenvalue weighted by atomic mass is 79.9. The molecule has 24 heavy (non-hydrogen) atoms. The SMILES string of the molecule is C=CCn1nnnc1SCC(=O)N(C)CCOc1ccc(Br)cc1. The van der Waals surface area contributed by atoms with Crippen molar-refractivity contribution in [3.63, 3.8) is 0 Å². The van der Waals surface area contributed by atoms with Crippen LogP contribution in [0.2, 0.25) is 0 Å². The number of ether oxygens (including phenoxy) is 1. The first-order valence-corrected chi connectivity index (χ1v) is 9.00. The van der Waals surface area contributed by atoms with Gasteiger partial charge in [-0.05, 0) is 34.7 Å². The summed E-state index contributed by atoms with van der Waals surface area (Å²) in [5, 5.41) is 11.9. The lowest BCUT2D eigenvalue weighted by Gasteiger charge is -2.17. The Morgan fingerprint density at radius 2 is 2.21 bits per heavy atom. The molecule has 2 aromatic rings. The number of amides is 1. The molecule has 7 nitrogen and oxygen atoms in total. The molecular formula is C15H18BrN5O2S. The van der Waals surface area contributed by atoms with E-state index in [4.69, 9.17) is 4.74 Å². The molecule has 0 unspecified atom stereocenters. The normalized spacial score (nSPS) is 10.4. The first-order chi connectivity index (χ1) is 11.6. The molecule has 0 saturated carbocycles. The second-order valence-electron chi connectivity index (χ2n) is 4.84. The average molecular weight is 412 g/mol. The number of tetrazole rings is 1. The summed E-state index contributed by atoms with van der Waals surface area (Å²) < 4.78 is 8.21. The van der Waals surface area contributed by atoms with E-state index < -0.39 is 0 Å². The second-order valence-corrected chi connectivity index (χ2v) is 6.70. The molecule has 1 amide bonds. The van der Waals surface area contributed by atoms with Gasteiger partial charge in [0.15, 0.2) is 0 Å². The Balaban J connectivity index is 1.72. The summed E-state index contributed by atoms with van der Waals surface area (Å²) in [5.74, 6) is 1.04. The molecule has 0 aliphatic rings. The van der Waals surface area contributed by atoms with Gasteiger partial charge < -0.3 is 9.64 Å². The lowest BCUT2D eigenvalue weighted by Crippen LogP contribution is -2.32. The molecule has 0 atom stereocenters. The Hall–Kier alpha value is -1.87. The zero-order valence-corrected chi connectivity index (χ0v) is 15.7. The van der Waals surface area contributed by atoms with E-state index in [0.29, 0.717) is 24.9 Å². The molecule has 0 fully saturated rings. The summed E-state index contributed by atoms with van der Waals surface area (Å²) >= 11 is 4.68. The number of carbonyl (C=O) groups excluding carboxylic acids is 1. The van der Waals surface area contributed by atoms with Gasteiger partial charge in [0.1, 0.15) is 12.4 Å². The van der Waals surface area contributed by atoms with Crippen LogP contribution in [-0.2, 0) is 11.3 Å². The number of hydrogen-bond donors (Lipinski definition) is 0. The third-order valence-electron chi connectivity index (χ3n) is 3.06. The van der Waals surface area contributed by atoms with Gasteiger partial charge in [-0.25, -0.2) is 4.68 Å². The molecule has 0 aliphatic heterocycles. The smallest absolute Gasteiger partial charge is 0.232 e. The number of carbonyl (C=O) groups is 1. The molecule has 1 aromatic heterocycles. The number of likely N-dealkylation sites (N-methyl/N-ethyl adjacent to an activating group) is 1. The van der Waals surface area contributed by atoms with Gasteiger partial charge in [0.2, 0.25) is 11.1 Å². The van der Waals surface area contributed by atoms with E-state index in [1.54, 1.807) is 22.7 Å². The van der Waals surface area contributed by atoms with Crippen molar-refractivity contribution in [1.82, 2.24) is 25.1 Å². The van der Waals surface area contributed by atoms with Crippen molar-refractivity contribution in [2.24, 2.45) is 0 Å². The predicted molar refractivity (Wildman–Crippen MR) is 96.0 cm³/mol. The molecule has 9 heteroatoms. The number of halogens is 1. The van der Waals surface area contributed by atoms with Crippen molar-refractivity contribution in [2.75, 3.05) is 26.0 Å². The van der Waals surface area contributed by atoms with Gasteiger partial charge in [0.05, 0.1) is 18.8 Å². The minimum absolute atomic E-state index is 0.00689. The van der Waals surface area contributed by atoms with Crippen molar-refractivity contribution in [3.8, 4) is 5.75 Å². The summed E-state index contributed by atoms with van der Waals surface area (Å²) in [4.78, 5) is 13.8. The van der Waals surface area contributed by atoms with Gasteiger partial charge in [-0.1, -0.05) is 33.8 Å². The number of nitrogens with zero attached hydrogens (tertiary/aromatic N) is 5. The molecule has 1 heterocycles. The van der Waals surface area contributed by atoms with E-state index in [0.717, 1.165) is 10.2 Å². The first-order valence-electron chi connectivity index (χ1n) is 7.22. The Morgan fingerprint density at radius 3 is 2.92 bits per heavy atom. The van der Waals surface area contributed by atoms with Crippen molar-refractivity contribution < 1.29 is 9.53 Å². The molecule has 0 aliphatic carbocycles. The fraction of sp³-hybridized carbons (Fsp3) is 0.333. The quantitative estimate of drug-likeness (QED) is 0.465. The molecule has 0 N–H and O–H groups in total. The average Bonchev–Trinajstić information content (AvgIpc) is 3.02. The van der Waals surface area contributed by atoms with Crippen LogP contribution < -0.4 is 4.74 Å². The van der Waals surface area contributed by atoms with Crippen LogP contribution in [0.5, 0.6) is 5.75 Å². The summed E-state index contributed by atoms with van der Waals surface area (Å²) in [5.41, 5.74) is 0. The highest BCUT2D eigenvalue weighted by Crippen LogP contribution is 2.16. The zero-order chi connectivity index (χ0) is 17.4. The molecule has 0 bridgehead atoms. The van der Waals surface area contributed by atoms with Crippen LogP contribution in [0.25, 0.3) is 0 Å². The van der Waals surface area contributed by atoms with Crippen molar-refractivity contribution in [3.05, 3.63) is 41.4 Å². The monoisotopic (exact) mass is 411 g/mol. The van der Waals surface area contributed by atoms with Crippen LogP contribution in [0.4, 0.5) is 0 Å². The fourth-order valence-corrected chi connectivity index (χ4v) is 2.82. The molecule has 0 saturated heterocycles. The maximum Gasteiger partial charge on any atom is 0.232 e. The number of allylic oxidation sites excluding steroid dienone is 1. The fourth-order valence-electron chi connectivity index (χ4n) is 1.73. The Labute approximate surface area is 153 Å². The van der Waals surface area contributed by atoms with E-state index in [1.807, 2.05) is 24.3 Å². The van der Waals surface area contributed by atoms with Crippen LogP contribution in [0, 0.1) is 0 Å². The first kappa shape index (κ1) is 18.5. The van der Waals surface area contributed by atoms with Crippen molar-refractivity contribution in [1.29, 1.82) is 0 Å². The zero-order valence-electron chi connectivity index (χ0n) is 13.3. The molecule has 128 valence electrons. The highest BCUT2D eigenvalue weighted by molar-refractivity contribution is 9.10. The Bertz CT molecular complexity index is 677. The lowest BCUT2D eigenvalue weighted by atomic mass is 10.3. The number of benzene rings is 1. The molecule has 0 radical (unpaired) electrons. The van der Waals surface area contributed by atoms with Crippen molar-refractivity contribution in [2.45, 2.75) is 11.7 Å². The minimum atomic E-state index is -0.00689. The van der Waals surface area contributed by atoms with Gasteiger partial charge in [-0.15, -0.1) is 11.7 Å². The highest BCUT2D eigenvalue weighted by Gasteiger charge is 2.12. The van der Waals surface area contributed by atoms with Crippen LogP contribution in [0.3, 0.4) is 0 Å². The summed E-state index contributed by atoms with van der Waals surface area (Å²) in [6.07, 6.45) is 1.70. The number of hydrogen-bond acceptors (Lipinski definition) is 6. The largest absolute Gasteiger partial charge is 0.492 e. The van der Waals surface area contributed by atoms with E-state index in [1.165, 1.54) is 11.8 Å². The predicted octanol–water partition coefficient (Wildman–Crippen LogP) is 2.25. The lowest BCUT2D eigenvalue weighted by molar-refractivity contribution is -0.127. The standard InChI is InChI=1S/C15H18BrN5O2S/c1-3-8-21-15(17-18-19-21)24-11-14(22)20(2)9-10-23-13-6-4-12(16)5-7-13/h3-7H,1,8-11H2,2H3. The third kappa shape index (κ3) is 5.64. The van der Waals surface area contributed by atoms with Gasteiger partial charge in [0, 0.05) is 11.5 Å². The molecular weight excluding hydrogens is 394 g/mol. The third-order valence-corrected chi connectivity index (χ3v) is 4.53. The summed E-state index contributed by atoms with van der Waals surface area (Å²) in [6.45, 7) is 5.10. The van der Waals surface area contributed by atoms with E-state index >= 15 is 0 Å². The Kier molecular flexibility index (Phi) is 7.26. The summed E-state index contributed by atoms with van der Waals surface area (Å²) in [6, 6.07) is 7.57. The number of thioether (sulfide) groups is 1. The van der Waals surface area contributed by atoms with Crippen LogP contribution in [0.1, 0.15) is 0 Å². The molecule has 1 aromatic carbocycles. The van der Waals surface area contributed by atoms with Gasteiger partial charge in [0.25, 0.3) is 0 Å². The molecule has 2 rings (SSSR count). The van der Waals surface area contributed by atoms with Crippen molar-refractivity contribution >= 4 is 33.6 Å². The van der Waals surface area contributed by atoms with Gasteiger partial charge >= 0.3 is 0 Å². The topological polar surface area (TPSA) is 73.1 Å². The number of rotatable bonds is 9. The van der Waals surface area contributed by atoms with Crippen LogP contribution in [-0.4, -0.2) is 57.0 Å². The molecule has 0 spiro atoms. The minimum Gasteiger partial charge on any atom is -0.492 e. The maximum absolute atomic E-state index is 12.1. The van der Waals surface area contributed by atoms with Gasteiger partial charge in [-0.2, -0.15) is 0 Å². The second kappa shape index (κ2) is 9.43. The maximum atomic E-state index is 12.1. The van der Waals surface area contributed by atoms with Crippen LogP contribution in [0.15, 0.2) is 46.5 Å². The number of aromatic nitrogens is 4. The van der Waals surface area contributed by atoms with Gasteiger partial charge in [-0.3, -0.25) is 4.79 Å². The summed E-state index contributed by atoms with van der Waals surface area (Å²) in [7, 11) is 1.75. The van der Waals surface area contributed by atoms with E-state index in [2.05, 4.69) is 38.0 Å². The van der Waals surface area contributed by atoms with E-state index in [-0.39, 0.29) is 11.7 Å². The van der Waals surface area contributed by atoms with E-state index in [9.17, 15) is 4.79 Å².